The van der Waals surface area contributed by atoms with Crippen LogP contribution in [0.5, 0.6) is 5.75 Å². The van der Waals surface area contributed by atoms with Gasteiger partial charge in [-0.1, -0.05) is 19.6 Å². The summed E-state index contributed by atoms with van der Waals surface area (Å²) < 4.78 is 14.2. The van der Waals surface area contributed by atoms with E-state index in [1.54, 1.807) is 30.6 Å². The molecule has 2 fully saturated rings. The van der Waals surface area contributed by atoms with Gasteiger partial charge in [-0.15, -0.1) is 11.3 Å². The van der Waals surface area contributed by atoms with Crippen molar-refractivity contribution in [1.82, 2.24) is 29.7 Å². The summed E-state index contributed by atoms with van der Waals surface area (Å²) in [6.07, 6.45) is 6.89. The van der Waals surface area contributed by atoms with Crippen LogP contribution in [0.2, 0.25) is 25.7 Å². The van der Waals surface area contributed by atoms with Crippen LogP contribution in [0.15, 0.2) is 30.7 Å². The molecule has 0 bridgehead atoms. The van der Waals surface area contributed by atoms with Gasteiger partial charge in [-0.05, 0) is 36.9 Å². The van der Waals surface area contributed by atoms with Gasteiger partial charge in [0.2, 0.25) is 5.91 Å². The van der Waals surface area contributed by atoms with Crippen molar-refractivity contribution in [3.8, 4) is 22.4 Å². The first-order valence-corrected chi connectivity index (χ1v) is 19.0. The molecule has 2 aliphatic rings. The van der Waals surface area contributed by atoms with E-state index in [-0.39, 0.29) is 30.4 Å². The smallest absolute Gasteiger partial charge is 0.255 e. The average Bonchev–Trinajstić information content (AvgIpc) is 3.59. The van der Waals surface area contributed by atoms with Gasteiger partial charge < -0.3 is 24.3 Å². The molecule has 13 heteroatoms. The fourth-order valence-corrected chi connectivity index (χ4v) is 6.96. The van der Waals surface area contributed by atoms with Crippen LogP contribution in [-0.4, -0.2) is 77.2 Å². The number of nitrogens with one attached hydrogen (secondary N) is 1. The predicted octanol–water partition coefficient (Wildman–Crippen LogP) is 4.52. The Bertz CT molecular complexity index is 1730. The number of carbonyl (C=O) groups is 2. The number of pyridine rings is 1. The number of methoxy groups -OCH3 is 1. The second kappa shape index (κ2) is 11.7. The van der Waals surface area contributed by atoms with Crippen LogP contribution < -0.4 is 10.1 Å². The van der Waals surface area contributed by atoms with E-state index in [9.17, 15) is 9.59 Å². The van der Waals surface area contributed by atoms with E-state index in [4.69, 9.17) is 24.7 Å². The number of thiophene rings is 1. The van der Waals surface area contributed by atoms with Crippen molar-refractivity contribution >= 4 is 52.6 Å². The van der Waals surface area contributed by atoms with Gasteiger partial charge in [-0.25, -0.2) is 9.97 Å². The molecule has 1 N–H and O–H groups in total. The van der Waals surface area contributed by atoms with E-state index in [2.05, 4.69) is 36.0 Å². The second-order valence-corrected chi connectivity index (χ2v) is 19.2. The summed E-state index contributed by atoms with van der Waals surface area (Å²) >= 11 is 1.50. The molecular weight excluding hydrogens is 583 g/mol. The highest BCUT2D eigenvalue weighted by atomic mass is 32.1. The maximum Gasteiger partial charge on any atom is 0.255 e. The van der Waals surface area contributed by atoms with Crippen LogP contribution in [-0.2, 0) is 16.3 Å². The third-order valence-corrected chi connectivity index (χ3v) is 10.8. The maximum absolute atomic E-state index is 13.8. The molecule has 5 heterocycles. The molecule has 43 heavy (non-hydrogen) atoms. The average molecular weight is 618 g/mol. The van der Waals surface area contributed by atoms with Crippen LogP contribution in [0.3, 0.4) is 0 Å². The minimum absolute atomic E-state index is 0.0958. The van der Waals surface area contributed by atoms with E-state index in [1.807, 2.05) is 16.7 Å². The molecule has 4 aromatic heterocycles. The molecule has 0 radical (unpaired) electrons. The van der Waals surface area contributed by atoms with Crippen LogP contribution >= 0.6 is 11.3 Å². The van der Waals surface area contributed by atoms with Crippen LogP contribution in [0.4, 0.5) is 0 Å². The van der Waals surface area contributed by atoms with Crippen LogP contribution in [0.25, 0.3) is 32.0 Å². The fraction of sp³-hybridized carbons (Fsp3) is 0.467. The Balaban J connectivity index is 1.32. The van der Waals surface area contributed by atoms with Crippen molar-refractivity contribution < 1.29 is 19.1 Å². The van der Waals surface area contributed by atoms with Crippen molar-refractivity contribution in [1.29, 1.82) is 5.26 Å². The number of nitriles is 1. The zero-order chi connectivity index (χ0) is 30.3. The van der Waals surface area contributed by atoms with Gasteiger partial charge in [-0.3, -0.25) is 14.6 Å². The third kappa shape index (κ3) is 6.13. The number of rotatable bonds is 11. The zero-order valence-corrected chi connectivity index (χ0v) is 26.6. The topological polar surface area (TPSA) is 135 Å². The molecule has 0 unspecified atom stereocenters. The number of hydrogen-bond donors (Lipinski definition) is 1. The van der Waals surface area contributed by atoms with Gasteiger partial charge in [0.05, 0.1) is 51.6 Å². The number of likely N-dealkylation sites (tertiary alicyclic amines) is 1. The molecule has 1 atom stereocenters. The number of aromatic nitrogens is 4. The fourth-order valence-electron chi connectivity index (χ4n) is 5.14. The Labute approximate surface area is 254 Å². The van der Waals surface area contributed by atoms with E-state index in [0.717, 1.165) is 39.7 Å². The molecule has 224 valence electrons. The first-order chi connectivity index (χ1) is 20.6. The summed E-state index contributed by atoms with van der Waals surface area (Å²) in [5, 5.41) is 12.2. The van der Waals surface area contributed by atoms with Crippen molar-refractivity contribution in [2.24, 2.45) is 11.8 Å². The Morgan fingerprint density at radius 3 is 2.74 bits per heavy atom. The van der Waals surface area contributed by atoms with Gasteiger partial charge >= 0.3 is 0 Å². The van der Waals surface area contributed by atoms with Gasteiger partial charge in [0, 0.05) is 40.2 Å². The zero-order valence-electron chi connectivity index (χ0n) is 24.8. The molecule has 4 aromatic rings. The van der Waals surface area contributed by atoms with Crippen LogP contribution in [0.1, 0.15) is 23.2 Å². The number of carbonyl (C=O) groups excluding carboxylic acids is 2. The molecule has 1 saturated carbocycles. The van der Waals surface area contributed by atoms with Crippen molar-refractivity contribution in [3.05, 3.63) is 36.3 Å². The third-order valence-electron chi connectivity index (χ3n) is 7.91. The normalized spacial score (nSPS) is 16.2. The number of fused-ring (bicyclic) bond motifs is 2. The van der Waals surface area contributed by atoms with E-state index in [0.29, 0.717) is 42.1 Å². The van der Waals surface area contributed by atoms with Crippen LogP contribution in [0, 0.1) is 23.2 Å². The lowest BCUT2D eigenvalue weighted by atomic mass is 9.99. The predicted molar refractivity (Wildman–Crippen MR) is 166 cm³/mol. The Morgan fingerprint density at radius 1 is 1.26 bits per heavy atom. The minimum atomic E-state index is -1.27. The maximum atomic E-state index is 13.8. The summed E-state index contributed by atoms with van der Waals surface area (Å²) in [7, 11) is 0.358. The van der Waals surface area contributed by atoms with E-state index in [1.165, 1.54) is 11.3 Å². The van der Waals surface area contributed by atoms with Gasteiger partial charge in [0.15, 0.2) is 5.65 Å². The van der Waals surface area contributed by atoms with Gasteiger partial charge in [0.25, 0.3) is 5.91 Å². The lowest BCUT2D eigenvalue weighted by Crippen LogP contribution is -2.57. The highest BCUT2D eigenvalue weighted by Crippen LogP contribution is 2.38. The molecule has 0 aromatic carbocycles. The summed E-state index contributed by atoms with van der Waals surface area (Å²) in [5.41, 5.74) is 2.72. The summed E-state index contributed by atoms with van der Waals surface area (Å²) in [6.45, 7) is 8.58. The van der Waals surface area contributed by atoms with Gasteiger partial charge in [0.1, 0.15) is 24.0 Å². The Kier molecular flexibility index (Phi) is 7.93. The molecule has 0 spiro atoms. The van der Waals surface area contributed by atoms with Crippen molar-refractivity contribution in [3.63, 3.8) is 0 Å². The van der Waals surface area contributed by atoms with Crippen molar-refractivity contribution in [2.45, 2.75) is 51.3 Å². The highest BCUT2D eigenvalue weighted by Gasteiger charge is 2.43. The molecule has 6 rings (SSSR count). The van der Waals surface area contributed by atoms with E-state index < -0.39 is 14.1 Å². The molecule has 2 amide bonds. The molecule has 11 nitrogen and oxygen atoms in total. The number of amides is 2. The minimum Gasteiger partial charge on any atom is -0.495 e. The lowest BCUT2D eigenvalue weighted by molar-refractivity contribution is -0.138. The number of nitrogens with zero attached hydrogens (tertiary/aromatic N) is 6. The Morgan fingerprint density at radius 2 is 2.05 bits per heavy atom. The van der Waals surface area contributed by atoms with Crippen molar-refractivity contribution in [2.75, 3.05) is 26.8 Å². The standard InChI is InChI=1S/C30H35N7O4SSi/c1-40-23-7-8-32-21-11-24(42-27(21)23)22-13-33-28-26(34-22)20(16-37(28)17-41-9-10-43(2,3)4)29(38)35-25(19-5-6-19)30(39)36-14-18(12-31)15-36/h7-8,11,13,16,18-19,25H,5-6,9-10,14-15,17H2,1-4H3,(H,35,38)/t25-/m1/s1. The highest BCUT2D eigenvalue weighted by molar-refractivity contribution is 7.22. The molecular formula is C30H35N7O4SSi. The van der Waals surface area contributed by atoms with Gasteiger partial charge in [-0.2, -0.15) is 5.26 Å². The molecule has 1 aliphatic heterocycles. The summed E-state index contributed by atoms with van der Waals surface area (Å²) in [6, 6.07) is 6.36. The second-order valence-electron chi connectivity index (χ2n) is 12.5. The largest absolute Gasteiger partial charge is 0.495 e. The summed E-state index contributed by atoms with van der Waals surface area (Å²) in [5.74, 6) is 0.185. The SMILES string of the molecule is COc1ccnc2cc(-c3cnc4c(n3)c(C(=O)N[C@@H](C(=O)N3CC(C#N)C3)C3CC3)cn4COCC[Si](C)(C)C)sc12. The number of hydrogen-bond acceptors (Lipinski definition) is 9. The quantitative estimate of drug-likeness (QED) is 0.192. The monoisotopic (exact) mass is 617 g/mol. The first-order valence-electron chi connectivity index (χ1n) is 14.5. The Hall–Kier alpha value is -3.86. The summed E-state index contributed by atoms with van der Waals surface area (Å²) in [4.78, 5) is 43.7. The lowest BCUT2D eigenvalue weighted by Gasteiger charge is -2.37. The number of ether oxygens (including phenoxy) is 2. The molecule has 1 saturated heterocycles. The van der Waals surface area contributed by atoms with E-state index >= 15 is 0 Å². The first kappa shape index (κ1) is 29.2. The molecule has 1 aliphatic carbocycles.